The number of carbonyl (C=O) groups excluding carboxylic acids is 1. The molecule has 0 bridgehead atoms. The first-order valence-corrected chi connectivity index (χ1v) is 9.59. The van der Waals surface area contributed by atoms with Crippen LogP contribution in [-0.4, -0.2) is 49.0 Å². The molecule has 2 aromatic rings. The van der Waals surface area contributed by atoms with E-state index >= 15 is 0 Å². The van der Waals surface area contributed by atoms with Gasteiger partial charge in [0.25, 0.3) is 0 Å². The number of hydrogen-bond acceptors (Lipinski definition) is 4. The van der Waals surface area contributed by atoms with Gasteiger partial charge >= 0.3 is 0 Å². The summed E-state index contributed by atoms with van der Waals surface area (Å²) in [5.74, 6) is 0.790. The van der Waals surface area contributed by atoms with Gasteiger partial charge in [-0.1, -0.05) is 24.3 Å². The zero-order valence-corrected chi connectivity index (χ0v) is 16.1. The Morgan fingerprint density at radius 1 is 1.11 bits per heavy atom. The van der Waals surface area contributed by atoms with Crippen LogP contribution in [-0.2, 0) is 0 Å². The topological polar surface area (TPSA) is 76.4 Å². The molecule has 1 amide bonds. The molecule has 1 fully saturated rings. The summed E-state index contributed by atoms with van der Waals surface area (Å²) < 4.78 is 6.29. The van der Waals surface area contributed by atoms with Crippen molar-refractivity contribution in [2.45, 2.75) is 19.3 Å². The molecule has 2 aromatic carbocycles. The van der Waals surface area contributed by atoms with Gasteiger partial charge in [0.2, 0.25) is 0 Å². The van der Waals surface area contributed by atoms with E-state index in [4.69, 9.17) is 10.00 Å². The highest BCUT2D eigenvalue weighted by molar-refractivity contribution is 5.65. The molecule has 0 unspecified atom stereocenters. The lowest BCUT2D eigenvalue weighted by molar-refractivity contribution is -1.01. The van der Waals surface area contributed by atoms with Crippen LogP contribution in [0, 0.1) is 11.3 Å². The lowest BCUT2D eigenvalue weighted by atomic mass is 10.0. The molecule has 6 heteroatoms. The van der Waals surface area contributed by atoms with Crippen LogP contribution in [0.15, 0.2) is 48.5 Å². The molecule has 28 heavy (non-hydrogen) atoms. The number of ether oxygens (including phenoxy) is 1. The zero-order chi connectivity index (χ0) is 20.0. The number of nitrogens with zero attached hydrogens (tertiary/aromatic N) is 3. The van der Waals surface area contributed by atoms with Crippen molar-refractivity contribution >= 4 is 6.09 Å². The standard InChI is InChI=1S/C22H25N3O3/c1-24(22(26)27)25(13-2-3-14-25)15-4-16-28-21-11-9-20(10-12-21)19-7-5-18(17-23)6-8-19/h5-12H,2-4,13-16H2,1H3. The fourth-order valence-corrected chi connectivity index (χ4v) is 3.80. The van der Waals surface area contributed by atoms with Gasteiger partial charge < -0.3 is 14.6 Å². The largest absolute Gasteiger partial charge is 0.526 e. The molecule has 0 saturated carbocycles. The van der Waals surface area contributed by atoms with Crippen LogP contribution in [0.4, 0.5) is 4.79 Å². The quantitative estimate of drug-likeness (QED) is 0.548. The summed E-state index contributed by atoms with van der Waals surface area (Å²) in [7, 11) is 1.60. The summed E-state index contributed by atoms with van der Waals surface area (Å²) in [4.78, 5) is 11.3. The van der Waals surface area contributed by atoms with E-state index in [9.17, 15) is 9.90 Å². The fourth-order valence-electron chi connectivity index (χ4n) is 3.80. The second kappa shape index (κ2) is 8.77. The van der Waals surface area contributed by atoms with E-state index in [0.717, 1.165) is 55.8 Å². The van der Waals surface area contributed by atoms with Crippen LogP contribution >= 0.6 is 0 Å². The predicted octanol–water partition coefficient (Wildman–Crippen LogP) is 2.79. The Morgan fingerprint density at radius 3 is 2.21 bits per heavy atom. The molecule has 0 N–H and O–H groups in total. The van der Waals surface area contributed by atoms with Gasteiger partial charge in [0.15, 0.2) is 6.09 Å². The first-order valence-electron chi connectivity index (χ1n) is 9.59. The van der Waals surface area contributed by atoms with E-state index in [0.29, 0.717) is 16.8 Å². The number of hydrogen-bond donors (Lipinski definition) is 0. The molecular weight excluding hydrogens is 354 g/mol. The maximum absolute atomic E-state index is 11.3. The molecule has 3 rings (SSSR count). The summed E-state index contributed by atoms with van der Waals surface area (Å²) in [6, 6.07) is 17.4. The maximum atomic E-state index is 11.3. The molecule has 6 nitrogen and oxygen atoms in total. The number of amides is 1. The molecule has 0 aromatic heterocycles. The zero-order valence-electron chi connectivity index (χ0n) is 16.1. The number of carbonyl (C=O) groups is 1. The Labute approximate surface area is 165 Å². The van der Waals surface area contributed by atoms with Crippen LogP contribution in [0.25, 0.3) is 11.1 Å². The molecule has 0 spiro atoms. The summed E-state index contributed by atoms with van der Waals surface area (Å²) in [5.41, 5.74) is 2.76. The predicted molar refractivity (Wildman–Crippen MR) is 104 cm³/mol. The molecule has 1 aliphatic heterocycles. The van der Waals surface area contributed by atoms with Gasteiger partial charge in [0.1, 0.15) is 25.4 Å². The van der Waals surface area contributed by atoms with Gasteiger partial charge in [-0.05, 0) is 35.4 Å². The number of quaternary nitrogens is 1. The minimum absolute atomic E-state index is 0.448. The smallest absolute Gasteiger partial charge is 0.188 e. The highest BCUT2D eigenvalue weighted by atomic mass is 16.5. The van der Waals surface area contributed by atoms with Crippen LogP contribution in [0.3, 0.4) is 0 Å². The summed E-state index contributed by atoms with van der Waals surface area (Å²) in [5, 5.41) is 21.5. The second-order valence-corrected chi connectivity index (χ2v) is 7.18. The van der Waals surface area contributed by atoms with Gasteiger partial charge in [-0.15, -0.1) is 0 Å². The van der Waals surface area contributed by atoms with Gasteiger partial charge in [-0.25, -0.2) is 9.60 Å². The highest BCUT2D eigenvalue weighted by Gasteiger charge is 2.36. The summed E-state index contributed by atoms with van der Waals surface area (Å²) in [6.45, 7) is 2.94. The third-order valence-electron chi connectivity index (χ3n) is 5.49. The minimum Gasteiger partial charge on any atom is -0.526 e. The van der Waals surface area contributed by atoms with E-state index in [-0.39, 0.29) is 0 Å². The van der Waals surface area contributed by atoms with Crippen molar-refractivity contribution in [3.63, 3.8) is 0 Å². The van der Waals surface area contributed by atoms with E-state index in [1.807, 2.05) is 36.4 Å². The molecule has 146 valence electrons. The highest BCUT2D eigenvalue weighted by Crippen LogP contribution is 2.24. The van der Waals surface area contributed by atoms with Crippen molar-refractivity contribution in [3.05, 3.63) is 54.1 Å². The average molecular weight is 379 g/mol. The normalized spacial score (nSPS) is 15.0. The molecular formula is C22H25N3O3. The molecule has 1 aliphatic rings. The Hall–Kier alpha value is -3.04. The van der Waals surface area contributed by atoms with Crippen LogP contribution in [0.5, 0.6) is 5.75 Å². The maximum Gasteiger partial charge on any atom is 0.188 e. The van der Waals surface area contributed by atoms with Crippen molar-refractivity contribution in [2.75, 3.05) is 33.3 Å². The third kappa shape index (κ3) is 4.44. The Kier molecular flexibility index (Phi) is 6.17. The lowest BCUT2D eigenvalue weighted by Gasteiger charge is -2.42. The van der Waals surface area contributed by atoms with Crippen molar-refractivity contribution in [2.24, 2.45) is 0 Å². The SMILES string of the molecule is CN(C(=O)[O-])[N+]1(CCCOc2ccc(-c3ccc(C#N)cc3)cc2)CCCC1. The Balaban J connectivity index is 1.52. The molecule has 0 atom stereocenters. The second-order valence-electron chi connectivity index (χ2n) is 7.18. The molecule has 0 aliphatic carbocycles. The van der Waals surface area contributed by atoms with Crippen molar-refractivity contribution in [1.82, 2.24) is 5.01 Å². The number of benzene rings is 2. The number of nitriles is 1. The lowest BCUT2D eigenvalue weighted by Crippen LogP contribution is -2.62. The first-order chi connectivity index (χ1) is 13.5. The van der Waals surface area contributed by atoms with E-state index in [2.05, 4.69) is 6.07 Å². The number of likely N-dealkylation sites (tertiary alicyclic amines) is 1. The van der Waals surface area contributed by atoms with E-state index < -0.39 is 6.09 Å². The minimum atomic E-state index is -1.12. The third-order valence-corrected chi connectivity index (χ3v) is 5.49. The van der Waals surface area contributed by atoms with E-state index in [1.54, 1.807) is 19.2 Å². The van der Waals surface area contributed by atoms with Gasteiger partial charge in [-0.2, -0.15) is 5.26 Å². The Morgan fingerprint density at radius 2 is 1.68 bits per heavy atom. The summed E-state index contributed by atoms with van der Waals surface area (Å²) >= 11 is 0. The van der Waals surface area contributed by atoms with E-state index in [1.165, 1.54) is 5.01 Å². The fraction of sp³-hybridized carbons (Fsp3) is 0.364. The van der Waals surface area contributed by atoms with Gasteiger partial charge in [-0.3, -0.25) is 0 Å². The number of rotatable bonds is 7. The first kappa shape index (κ1) is 19.7. The van der Waals surface area contributed by atoms with Gasteiger partial charge in [0.05, 0.1) is 25.3 Å². The Bertz CT molecular complexity index is 835. The van der Waals surface area contributed by atoms with Crippen LogP contribution < -0.4 is 9.84 Å². The van der Waals surface area contributed by atoms with Crippen LogP contribution in [0.2, 0.25) is 0 Å². The monoisotopic (exact) mass is 379 g/mol. The van der Waals surface area contributed by atoms with Crippen molar-refractivity contribution in [1.29, 1.82) is 5.26 Å². The van der Waals surface area contributed by atoms with Gasteiger partial charge in [0, 0.05) is 19.3 Å². The molecule has 1 heterocycles. The molecule has 1 saturated heterocycles. The summed E-state index contributed by atoms with van der Waals surface area (Å²) in [6.07, 6.45) is 1.72. The number of carboxylic acid groups (broad SMARTS) is 1. The van der Waals surface area contributed by atoms with Crippen LogP contribution in [0.1, 0.15) is 24.8 Å². The average Bonchev–Trinajstić information content (AvgIpc) is 3.21. The van der Waals surface area contributed by atoms with Crippen molar-refractivity contribution in [3.8, 4) is 22.9 Å². The van der Waals surface area contributed by atoms with Crippen molar-refractivity contribution < 1.29 is 19.2 Å². The molecule has 0 radical (unpaired) electrons.